The van der Waals surface area contributed by atoms with Gasteiger partial charge in [0.1, 0.15) is 5.58 Å². The van der Waals surface area contributed by atoms with Crippen LogP contribution in [0, 0.1) is 6.92 Å². The molecule has 0 bridgehead atoms. The molecule has 4 rings (SSSR count). The second-order valence-corrected chi connectivity index (χ2v) is 8.24. The molecule has 0 radical (unpaired) electrons. The number of nitrogens with one attached hydrogen (secondary N) is 1. The number of benzene rings is 2. The van der Waals surface area contributed by atoms with Gasteiger partial charge in [-0.3, -0.25) is 4.79 Å². The van der Waals surface area contributed by atoms with Crippen molar-refractivity contribution in [3.05, 3.63) is 69.9 Å². The summed E-state index contributed by atoms with van der Waals surface area (Å²) < 4.78 is 6.30. The van der Waals surface area contributed by atoms with Crippen molar-refractivity contribution in [1.29, 1.82) is 0 Å². The standard InChI is InChI=1S/C22H24N2O2S/c1-15-12-18(16(2)23-17-6-4-3-5-7-17)22-19(13-15)20(25)14-21(26-22)24-8-10-27-11-9-24/h3-7,12-14,16,23H,8-11H2,1-2H3. The first-order valence-electron chi connectivity index (χ1n) is 9.34. The lowest BCUT2D eigenvalue weighted by atomic mass is 10.0. The average Bonchev–Trinajstić information content (AvgIpc) is 2.69. The van der Waals surface area contributed by atoms with Crippen LogP contribution in [0.5, 0.6) is 0 Å². The van der Waals surface area contributed by atoms with Gasteiger partial charge in [0.2, 0.25) is 0 Å². The number of nitrogens with zero attached hydrogens (tertiary/aromatic N) is 1. The summed E-state index contributed by atoms with van der Waals surface area (Å²) in [7, 11) is 0. The van der Waals surface area contributed by atoms with Gasteiger partial charge in [-0.15, -0.1) is 0 Å². The van der Waals surface area contributed by atoms with Crippen LogP contribution < -0.4 is 15.6 Å². The van der Waals surface area contributed by atoms with Crippen molar-refractivity contribution in [3.63, 3.8) is 0 Å². The first-order chi connectivity index (χ1) is 13.1. The maximum absolute atomic E-state index is 12.8. The van der Waals surface area contributed by atoms with Gasteiger partial charge in [-0.05, 0) is 37.6 Å². The normalized spacial score (nSPS) is 15.7. The molecule has 1 unspecified atom stereocenters. The van der Waals surface area contributed by atoms with Crippen molar-refractivity contribution in [2.75, 3.05) is 34.8 Å². The Kier molecular flexibility index (Phi) is 5.12. The molecule has 1 N–H and O–H groups in total. The molecule has 1 aromatic heterocycles. The number of hydrogen-bond acceptors (Lipinski definition) is 5. The van der Waals surface area contributed by atoms with Crippen LogP contribution in [0.4, 0.5) is 11.6 Å². The molecular weight excluding hydrogens is 356 g/mol. The molecule has 0 aliphatic carbocycles. The summed E-state index contributed by atoms with van der Waals surface area (Å²) >= 11 is 1.94. The van der Waals surface area contributed by atoms with Crippen LogP contribution in [0.2, 0.25) is 0 Å². The van der Waals surface area contributed by atoms with Gasteiger partial charge in [-0.2, -0.15) is 11.8 Å². The van der Waals surface area contributed by atoms with Gasteiger partial charge in [-0.25, -0.2) is 0 Å². The number of fused-ring (bicyclic) bond motifs is 1. The molecule has 0 spiro atoms. The SMILES string of the molecule is Cc1cc(C(C)Nc2ccccc2)c2oc(N3CCSCC3)cc(=O)c2c1. The summed E-state index contributed by atoms with van der Waals surface area (Å²) in [6.07, 6.45) is 0. The predicted molar refractivity (Wildman–Crippen MR) is 115 cm³/mol. The van der Waals surface area contributed by atoms with Crippen molar-refractivity contribution >= 4 is 34.3 Å². The van der Waals surface area contributed by atoms with Crippen LogP contribution in [-0.2, 0) is 0 Å². The van der Waals surface area contributed by atoms with Crippen LogP contribution in [0.15, 0.2) is 57.7 Å². The second kappa shape index (κ2) is 7.69. The van der Waals surface area contributed by atoms with Gasteiger partial charge in [0.05, 0.1) is 11.4 Å². The van der Waals surface area contributed by atoms with Crippen LogP contribution in [0.3, 0.4) is 0 Å². The summed E-state index contributed by atoms with van der Waals surface area (Å²) in [5, 5.41) is 4.17. The smallest absolute Gasteiger partial charge is 0.200 e. The number of anilines is 2. The van der Waals surface area contributed by atoms with E-state index < -0.39 is 0 Å². The summed E-state index contributed by atoms with van der Waals surface area (Å²) in [5.74, 6) is 2.81. The Balaban J connectivity index is 1.78. The molecule has 140 valence electrons. The van der Waals surface area contributed by atoms with Gasteiger partial charge in [0.25, 0.3) is 0 Å². The molecule has 1 fully saturated rings. The zero-order chi connectivity index (χ0) is 18.8. The van der Waals surface area contributed by atoms with Gasteiger partial charge >= 0.3 is 0 Å². The third kappa shape index (κ3) is 3.83. The second-order valence-electron chi connectivity index (χ2n) is 7.01. The zero-order valence-electron chi connectivity index (χ0n) is 15.7. The molecule has 0 amide bonds. The summed E-state index contributed by atoms with van der Waals surface area (Å²) in [6.45, 7) is 5.95. The number of para-hydroxylation sites is 1. The molecule has 1 atom stereocenters. The van der Waals surface area contributed by atoms with Crippen molar-refractivity contribution < 1.29 is 4.42 Å². The highest BCUT2D eigenvalue weighted by atomic mass is 32.2. The van der Waals surface area contributed by atoms with Crippen molar-refractivity contribution in [2.24, 2.45) is 0 Å². The Morgan fingerprint density at radius 2 is 1.85 bits per heavy atom. The molecule has 3 aromatic rings. The maximum Gasteiger partial charge on any atom is 0.200 e. The monoisotopic (exact) mass is 380 g/mol. The number of thioether (sulfide) groups is 1. The summed E-state index contributed by atoms with van der Waals surface area (Å²) in [6, 6.07) is 15.8. The van der Waals surface area contributed by atoms with E-state index >= 15 is 0 Å². The molecule has 4 nitrogen and oxygen atoms in total. The fourth-order valence-electron chi connectivity index (χ4n) is 3.55. The van der Waals surface area contributed by atoms with E-state index in [-0.39, 0.29) is 11.5 Å². The Morgan fingerprint density at radius 1 is 1.11 bits per heavy atom. The lowest BCUT2D eigenvalue weighted by molar-refractivity contribution is 0.571. The number of rotatable bonds is 4. The lowest BCUT2D eigenvalue weighted by Gasteiger charge is -2.27. The first-order valence-corrected chi connectivity index (χ1v) is 10.5. The van der Waals surface area contributed by atoms with E-state index in [1.165, 1.54) is 0 Å². The highest BCUT2D eigenvalue weighted by Gasteiger charge is 2.19. The van der Waals surface area contributed by atoms with E-state index in [4.69, 9.17) is 4.42 Å². The van der Waals surface area contributed by atoms with Crippen LogP contribution in [-0.4, -0.2) is 24.6 Å². The molecule has 1 saturated heterocycles. The molecule has 0 saturated carbocycles. The van der Waals surface area contributed by atoms with Gasteiger partial charge in [0.15, 0.2) is 11.3 Å². The van der Waals surface area contributed by atoms with E-state index in [1.54, 1.807) is 6.07 Å². The Hall–Kier alpha value is -2.40. The summed E-state index contributed by atoms with van der Waals surface area (Å²) in [4.78, 5) is 15.0. The minimum Gasteiger partial charge on any atom is -0.440 e. The minimum absolute atomic E-state index is 0.0186. The molecule has 27 heavy (non-hydrogen) atoms. The fraction of sp³-hybridized carbons (Fsp3) is 0.318. The highest BCUT2D eigenvalue weighted by Crippen LogP contribution is 2.30. The zero-order valence-corrected chi connectivity index (χ0v) is 16.5. The van der Waals surface area contributed by atoms with Crippen molar-refractivity contribution in [1.82, 2.24) is 0 Å². The van der Waals surface area contributed by atoms with E-state index in [9.17, 15) is 4.79 Å². The van der Waals surface area contributed by atoms with E-state index in [1.807, 2.05) is 55.1 Å². The topological polar surface area (TPSA) is 45.5 Å². The number of hydrogen-bond donors (Lipinski definition) is 1. The van der Waals surface area contributed by atoms with Gasteiger partial charge < -0.3 is 14.6 Å². The van der Waals surface area contributed by atoms with Crippen molar-refractivity contribution in [3.8, 4) is 0 Å². The van der Waals surface area contributed by atoms with Gasteiger partial charge in [-0.1, -0.05) is 24.3 Å². The highest BCUT2D eigenvalue weighted by molar-refractivity contribution is 7.99. The Labute approximate surface area is 163 Å². The molecule has 1 aliphatic rings. The largest absolute Gasteiger partial charge is 0.440 e. The molecular formula is C22H24N2O2S. The third-order valence-electron chi connectivity index (χ3n) is 4.93. The lowest BCUT2D eigenvalue weighted by Crippen LogP contribution is -2.33. The Bertz CT molecular complexity index is 994. The third-order valence-corrected chi connectivity index (χ3v) is 5.88. The van der Waals surface area contributed by atoms with Crippen LogP contribution in [0.1, 0.15) is 24.1 Å². The number of aryl methyl sites for hydroxylation is 1. The summed E-state index contributed by atoms with van der Waals surface area (Å²) in [5.41, 5.74) is 3.85. The predicted octanol–water partition coefficient (Wildman–Crippen LogP) is 4.83. The van der Waals surface area contributed by atoms with E-state index in [0.717, 1.165) is 41.4 Å². The first kappa shape index (κ1) is 18.0. The van der Waals surface area contributed by atoms with Gasteiger partial charge in [0, 0.05) is 41.9 Å². The molecule has 1 aliphatic heterocycles. The van der Waals surface area contributed by atoms with Crippen LogP contribution in [0.25, 0.3) is 11.0 Å². The fourth-order valence-corrected chi connectivity index (χ4v) is 4.45. The maximum atomic E-state index is 12.8. The molecule has 5 heteroatoms. The average molecular weight is 381 g/mol. The van der Waals surface area contributed by atoms with Crippen molar-refractivity contribution in [2.45, 2.75) is 19.9 Å². The Morgan fingerprint density at radius 3 is 2.59 bits per heavy atom. The minimum atomic E-state index is 0.0186. The molecule has 2 aromatic carbocycles. The quantitative estimate of drug-likeness (QED) is 0.702. The molecule has 2 heterocycles. The van der Waals surface area contributed by atoms with E-state index in [0.29, 0.717) is 16.9 Å². The van der Waals surface area contributed by atoms with Crippen LogP contribution >= 0.6 is 11.8 Å². The van der Waals surface area contributed by atoms with E-state index in [2.05, 4.69) is 23.2 Å².